The van der Waals surface area contributed by atoms with Crippen molar-refractivity contribution < 1.29 is 0 Å². The van der Waals surface area contributed by atoms with Gasteiger partial charge in [0, 0.05) is 0 Å². The lowest BCUT2D eigenvalue weighted by Crippen LogP contribution is -2.11. The van der Waals surface area contributed by atoms with E-state index in [1.807, 2.05) is 0 Å². The van der Waals surface area contributed by atoms with Gasteiger partial charge in [-0.2, -0.15) is 12.8 Å². The van der Waals surface area contributed by atoms with Crippen LogP contribution in [0.2, 0.25) is 0 Å². The van der Waals surface area contributed by atoms with Gasteiger partial charge in [0.05, 0.1) is 0 Å². The lowest BCUT2D eigenvalue weighted by atomic mass is 9.82. The van der Waals surface area contributed by atoms with Gasteiger partial charge < -0.3 is 6.42 Å². The minimum Gasteiger partial charge on any atom is -0.328 e. The first-order valence-electron chi connectivity index (χ1n) is 4.12. The van der Waals surface area contributed by atoms with E-state index >= 15 is 0 Å². The molecule has 1 aliphatic carbocycles. The van der Waals surface area contributed by atoms with Crippen LogP contribution in [0.5, 0.6) is 0 Å². The molecule has 0 amide bonds. The van der Waals surface area contributed by atoms with Crippen LogP contribution in [0.15, 0.2) is 0 Å². The van der Waals surface area contributed by atoms with Crippen LogP contribution in [0.25, 0.3) is 0 Å². The molecular formula is C9H17-. The molecule has 0 aliphatic heterocycles. The lowest BCUT2D eigenvalue weighted by Gasteiger charge is -2.30. The number of rotatable bonds is 1. The van der Waals surface area contributed by atoms with Crippen molar-refractivity contribution in [2.45, 2.75) is 39.5 Å². The van der Waals surface area contributed by atoms with Crippen molar-refractivity contribution in [1.82, 2.24) is 0 Å². The number of hydrogen-bond donors (Lipinski definition) is 0. The summed E-state index contributed by atoms with van der Waals surface area (Å²) in [5.74, 6) is 1.95. The molecule has 1 fully saturated rings. The quantitative estimate of drug-likeness (QED) is 0.472. The third-order valence-corrected chi connectivity index (χ3v) is 2.53. The minimum absolute atomic E-state index is 0.946. The average Bonchev–Trinajstić information content (AvgIpc) is 1.90. The van der Waals surface area contributed by atoms with E-state index in [4.69, 9.17) is 0 Å². The molecule has 0 heteroatoms. The maximum atomic E-state index is 2.37. The highest BCUT2D eigenvalue weighted by Crippen LogP contribution is 2.29. The smallest absolute Gasteiger partial charge is 0.0444 e. The van der Waals surface area contributed by atoms with E-state index in [0.29, 0.717) is 0 Å². The van der Waals surface area contributed by atoms with Crippen LogP contribution in [-0.4, -0.2) is 0 Å². The van der Waals surface area contributed by atoms with Crippen molar-refractivity contribution in [3.8, 4) is 0 Å². The Bertz CT molecular complexity index is 68.1. The summed E-state index contributed by atoms with van der Waals surface area (Å²) in [5, 5.41) is 0. The highest BCUT2D eigenvalue weighted by molar-refractivity contribution is 4.77. The zero-order valence-corrected chi connectivity index (χ0v) is 6.56. The molecule has 0 saturated heterocycles. The van der Waals surface area contributed by atoms with Gasteiger partial charge in [-0.25, -0.2) is 0 Å². The summed E-state index contributed by atoms with van der Waals surface area (Å²) in [6.07, 6.45) is 8.16. The van der Waals surface area contributed by atoms with E-state index in [0.717, 1.165) is 11.8 Å². The molecule has 1 saturated carbocycles. The largest absolute Gasteiger partial charge is 0.328 e. The van der Waals surface area contributed by atoms with Crippen molar-refractivity contribution in [3.63, 3.8) is 0 Å². The SMILES string of the molecule is C[CH-]C1CCC(C)CC1. The van der Waals surface area contributed by atoms with Crippen LogP contribution >= 0.6 is 0 Å². The monoisotopic (exact) mass is 125 g/mol. The normalized spacial score (nSPS) is 36.7. The van der Waals surface area contributed by atoms with Gasteiger partial charge in [0.25, 0.3) is 0 Å². The molecule has 0 aromatic rings. The Balaban J connectivity index is 2.18. The topological polar surface area (TPSA) is 0 Å². The van der Waals surface area contributed by atoms with Crippen molar-refractivity contribution in [3.05, 3.63) is 6.42 Å². The fourth-order valence-corrected chi connectivity index (χ4v) is 1.62. The molecular weight excluding hydrogens is 108 g/mol. The van der Waals surface area contributed by atoms with Gasteiger partial charge in [0.2, 0.25) is 0 Å². The second-order valence-corrected chi connectivity index (χ2v) is 3.35. The highest BCUT2D eigenvalue weighted by atomic mass is 14.2. The fraction of sp³-hybridized carbons (Fsp3) is 0.889. The Morgan fingerprint density at radius 2 is 1.67 bits per heavy atom. The molecule has 0 bridgehead atoms. The van der Waals surface area contributed by atoms with Crippen molar-refractivity contribution in [2.75, 3.05) is 0 Å². The van der Waals surface area contributed by atoms with E-state index in [-0.39, 0.29) is 0 Å². The van der Waals surface area contributed by atoms with E-state index in [1.165, 1.54) is 25.7 Å². The maximum Gasteiger partial charge on any atom is -0.0444 e. The Morgan fingerprint density at radius 3 is 2.11 bits per heavy atom. The summed E-state index contributed by atoms with van der Waals surface area (Å²) in [6.45, 7) is 4.56. The third-order valence-electron chi connectivity index (χ3n) is 2.53. The fourth-order valence-electron chi connectivity index (χ4n) is 1.62. The van der Waals surface area contributed by atoms with Gasteiger partial charge in [0.1, 0.15) is 0 Å². The second kappa shape index (κ2) is 3.24. The molecule has 54 valence electrons. The molecule has 0 nitrogen and oxygen atoms in total. The van der Waals surface area contributed by atoms with Crippen LogP contribution in [0.4, 0.5) is 0 Å². The summed E-state index contributed by atoms with van der Waals surface area (Å²) in [7, 11) is 0. The standard InChI is InChI=1S/C9H17/c1-3-9-6-4-8(2)5-7-9/h3,8-9H,4-7H2,1-2H3/q-1. The maximum absolute atomic E-state index is 2.37. The molecule has 0 atom stereocenters. The third kappa shape index (κ3) is 2.00. The van der Waals surface area contributed by atoms with Gasteiger partial charge in [-0.1, -0.05) is 32.6 Å². The zero-order chi connectivity index (χ0) is 6.69. The first-order chi connectivity index (χ1) is 4.33. The summed E-state index contributed by atoms with van der Waals surface area (Å²) >= 11 is 0. The summed E-state index contributed by atoms with van der Waals surface area (Å²) in [4.78, 5) is 0. The van der Waals surface area contributed by atoms with Crippen molar-refractivity contribution in [1.29, 1.82) is 0 Å². The van der Waals surface area contributed by atoms with E-state index in [2.05, 4.69) is 20.3 Å². The molecule has 0 radical (unpaired) electrons. The molecule has 0 unspecified atom stereocenters. The van der Waals surface area contributed by atoms with Gasteiger partial charge in [-0.05, 0) is 5.92 Å². The highest BCUT2D eigenvalue weighted by Gasteiger charge is 2.10. The van der Waals surface area contributed by atoms with Gasteiger partial charge >= 0.3 is 0 Å². The van der Waals surface area contributed by atoms with E-state index < -0.39 is 0 Å². The predicted octanol–water partition coefficient (Wildman–Crippen LogP) is 3.04. The molecule has 1 rings (SSSR count). The van der Waals surface area contributed by atoms with Crippen LogP contribution < -0.4 is 0 Å². The van der Waals surface area contributed by atoms with Gasteiger partial charge in [0.15, 0.2) is 0 Å². The predicted molar refractivity (Wildman–Crippen MR) is 41.1 cm³/mol. The van der Waals surface area contributed by atoms with Crippen LogP contribution in [0.3, 0.4) is 0 Å². The summed E-state index contributed by atoms with van der Waals surface area (Å²) in [5.41, 5.74) is 0. The molecule has 0 aromatic carbocycles. The van der Waals surface area contributed by atoms with Gasteiger partial charge in [-0.3, -0.25) is 0 Å². The molecule has 9 heavy (non-hydrogen) atoms. The Kier molecular flexibility index (Phi) is 2.56. The average molecular weight is 125 g/mol. The zero-order valence-electron chi connectivity index (χ0n) is 6.56. The lowest BCUT2D eigenvalue weighted by molar-refractivity contribution is 0.317. The molecule has 0 aromatic heterocycles. The Hall–Kier alpha value is 0. The number of hydrogen-bond acceptors (Lipinski definition) is 0. The van der Waals surface area contributed by atoms with E-state index in [9.17, 15) is 0 Å². The first kappa shape index (κ1) is 7.11. The molecule has 1 aliphatic rings. The summed E-state index contributed by atoms with van der Waals surface area (Å²) < 4.78 is 0. The molecule has 0 N–H and O–H groups in total. The summed E-state index contributed by atoms with van der Waals surface area (Å²) in [6, 6.07) is 0. The minimum atomic E-state index is 0.946. The van der Waals surface area contributed by atoms with Gasteiger partial charge in [-0.15, -0.1) is 0 Å². The van der Waals surface area contributed by atoms with Crippen LogP contribution in [0.1, 0.15) is 39.5 Å². The van der Waals surface area contributed by atoms with Crippen molar-refractivity contribution in [2.24, 2.45) is 11.8 Å². The second-order valence-electron chi connectivity index (χ2n) is 3.35. The van der Waals surface area contributed by atoms with Crippen molar-refractivity contribution >= 4 is 0 Å². The Morgan fingerprint density at radius 1 is 1.11 bits per heavy atom. The Labute approximate surface area is 58.7 Å². The van der Waals surface area contributed by atoms with Crippen LogP contribution in [0, 0.1) is 18.3 Å². The molecule has 0 heterocycles. The first-order valence-corrected chi connectivity index (χ1v) is 4.12. The van der Waals surface area contributed by atoms with E-state index in [1.54, 1.807) is 0 Å². The molecule has 0 spiro atoms. The van der Waals surface area contributed by atoms with Crippen LogP contribution in [-0.2, 0) is 0 Å².